The minimum atomic E-state index is 0.122. The van der Waals surface area contributed by atoms with Gasteiger partial charge in [0.1, 0.15) is 0 Å². The van der Waals surface area contributed by atoms with E-state index in [1.54, 1.807) is 0 Å². The highest BCUT2D eigenvalue weighted by molar-refractivity contribution is 5.78. The van der Waals surface area contributed by atoms with Crippen molar-refractivity contribution in [3.8, 4) is 0 Å². The monoisotopic (exact) mass is 336 g/mol. The lowest BCUT2D eigenvalue weighted by atomic mass is 10.2. The number of hydrogen-bond acceptors (Lipinski definition) is 4. The number of carbonyl (C=O) groups excluding carboxylic acids is 2. The molecule has 0 spiro atoms. The molecule has 0 atom stereocenters. The largest absolute Gasteiger partial charge is 0.355 e. The van der Waals surface area contributed by atoms with Gasteiger partial charge in [0.05, 0.1) is 6.54 Å². The van der Waals surface area contributed by atoms with E-state index in [4.69, 9.17) is 0 Å². The van der Waals surface area contributed by atoms with Crippen LogP contribution < -0.4 is 5.32 Å². The average Bonchev–Trinajstić information content (AvgIpc) is 3.24. The minimum absolute atomic E-state index is 0.122. The molecular formula is C18H32N4O2. The molecule has 1 saturated carbocycles. The maximum absolute atomic E-state index is 12.1. The van der Waals surface area contributed by atoms with Crippen LogP contribution in [0.5, 0.6) is 0 Å². The van der Waals surface area contributed by atoms with E-state index in [-0.39, 0.29) is 11.8 Å². The third-order valence-electron chi connectivity index (χ3n) is 5.71. The summed E-state index contributed by atoms with van der Waals surface area (Å²) in [6.45, 7) is 7.07. The zero-order valence-electron chi connectivity index (χ0n) is 14.8. The lowest BCUT2D eigenvalue weighted by Crippen LogP contribution is -2.51. The first-order valence-electron chi connectivity index (χ1n) is 9.73. The highest BCUT2D eigenvalue weighted by Gasteiger charge is 2.26. The van der Waals surface area contributed by atoms with Crippen molar-refractivity contribution < 1.29 is 9.59 Å². The van der Waals surface area contributed by atoms with Crippen molar-refractivity contribution in [2.45, 2.75) is 51.0 Å². The fraction of sp³-hybridized carbons (Fsp3) is 0.889. The Labute approximate surface area is 145 Å². The Morgan fingerprint density at radius 1 is 1.04 bits per heavy atom. The van der Waals surface area contributed by atoms with Crippen molar-refractivity contribution in [1.82, 2.24) is 20.0 Å². The van der Waals surface area contributed by atoms with Crippen LogP contribution in [0.1, 0.15) is 44.9 Å². The van der Waals surface area contributed by atoms with Gasteiger partial charge < -0.3 is 10.2 Å². The molecule has 2 aliphatic heterocycles. The number of carbonyl (C=O) groups is 2. The van der Waals surface area contributed by atoms with Crippen LogP contribution in [0.25, 0.3) is 0 Å². The number of nitrogens with one attached hydrogen (secondary N) is 1. The van der Waals surface area contributed by atoms with Crippen LogP contribution in [0.3, 0.4) is 0 Å². The molecule has 0 radical (unpaired) electrons. The zero-order chi connectivity index (χ0) is 16.8. The molecular weight excluding hydrogens is 304 g/mol. The summed E-state index contributed by atoms with van der Waals surface area (Å²) < 4.78 is 0. The van der Waals surface area contributed by atoms with Crippen molar-refractivity contribution in [2.24, 2.45) is 0 Å². The van der Waals surface area contributed by atoms with Gasteiger partial charge in [0, 0.05) is 58.3 Å². The molecule has 0 aromatic carbocycles. The first-order chi connectivity index (χ1) is 11.7. The fourth-order valence-corrected chi connectivity index (χ4v) is 4.25. The van der Waals surface area contributed by atoms with Gasteiger partial charge in [0.15, 0.2) is 0 Å². The van der Waals surface area contributed by atoms with Gasteiger partial charge in [-0.05, 0) is 25.7 Å². The summed E-state index contributed by atoms with van der Waals surface area (Å²) in [5.74, 6) is 0.388. The van der Waals surface area contributed by atoms with E-state index < -0.39 is 0 Å². The number of amides is 2. The Morgan fingerprint density at radius 2 is 1.79 bits per heavy atom. The lowest BCUT2D eigenvalue weighted by molar-refractivity contribution is -0.127. The predicted molar refractivity (Wildman–Crippen MR) is 93.7 cm³/mol. The molecule has 2 saturated heterocycles. The Balaban J connectivity index is 1.25. The summed E-state index contributed by atoms with van der Waals surface area (Å²) in [6, 6.07) is 0.800. The highest BCUT2D eigenvalue weighted by Crippen LogP contribution is 2.24. The number of nitrogens with zero attached hydrogens (tertiary/aromatic N) is 3. The van der Waals surface area contributed by atoms with E-state index in [1.165, 1.54) is 25.7 Å². The molecule has 1 aliphatic carbocycles. The van der Waals surface area contributed by atoms with E-state index in [9.17, 15) is 9.59 Å². The van der Waals surface area contributed by atoms with Crippen LogP contribution in [0, 0.1) is 0 Å². The molecule has 2 amide bonds. The van der Waals surface area contributed by atoms with Crippen LogP contribution in [0.15, 0.2) is 0 Å². The zero-order valence-corrected chi connectivity index (χ0v) is 14.8. The fourth-order valence-electron chi connectivity index (χ4n) is 4.25. The summed E-state index contributed by atoms with van der Waals surface area (Å²) in [4.78, 5) is 30.4. The van der Waals surface area contributed by atoms with Gasteiger partial charge in [-0.1, -0.05) is 12.8 Å². The summed E-state index contributed by atoms with van der Waals surface area (Å²) in [7, 11) is 0. The topological polar surface area (TPSA) is 55.9 Å². The quantitative estimate of drug-likeness (QED) is 0.695. The standard InChI is InChI=1S/C18H32N4O2/c23-17(19-8-4-10-22-9-3-7-18(22)24)15-20-11-13-21(14-12-20)16-5-1-2-6-16/h16H,1-15H2,(H,19,23). The summed E-state index contributed by atoms with van der Waals surface area (Å²) >= 11 is 0. The molecule has 0 bridgehead atoms. The highest BCUT2D eigenvalue weighted by atomic mass is 16.2. The van der Waals surface area contributed by atoms with Crippen molar-refractivity contribution in [2.75, 3.05) is 52.4 Å². The van der Waals surface area contributed by atoms with Crippen LogP contribution in [0.4, 0.5) is 0 Å². The maximum Gasteiger partial charge on any atom is 0.234 e. The molecule has 2 heterocycles. The maximum atomic E-state index is 12.1. The molecule has 1 N–H and O–H groups in total. The number of rotatable bonds is 7. The minimum Gasteiger partial charge on any atom is -0.355 e. The predicted octanol–water partition coefficient (Wildman–Crippen LogP) is 0.675. The van der Waals surface area contributed by atoms with Crippen molar-refractivity contribution >= 4 is 11.8 Å². The molecule has 0 unspecified atom stereocenters. The number of hydrogen-bond donors (Lipinski definition) is 1. The summed E-state index contributed by atoms with van der Waals surface area (Å²) in [5, 5.41) is 3.00. The molecule has 3 aliphatic rings. The summed E-state index contributed by atoms with van der Waals surface area (Å²) in [6.07, 6.45) is 8.02. The molecule has 6 heteroatoms. The van der Waals surface area contributed by atoms with E-state index in [0.29, 0.717) is 19.5 Å². The number of piperazine rings is 1. The van der Waals surface area contributed by atoms with Crippen LogP contribution >= 0.6 is 0 Å². The van der Waals surface area contributed by atoms with Gasteiger partial charge in [-0.15, -0.1) is 0 Å². The second-order valence-electron chi connectivity index (χ2n) is 7.44. The molecule has 3 rings (SSSR count). The van der Waals surface area contributed by atoms with Gasteiger partial charge in [-0.3, -0.25) is 19.4 Å². The Kier molecular flexibility index (Phi) is 6.49. The third kappa shape index (κ3) is 4.93. The van der Waals surface area contributed by atoms with Gasteiger partial charge in [-0.25, -0.2) is 0 Å². The van der Waals surface area contributed by atoms with Gasteiger partial charge in [0.25, 0.3) is 0 Å². The first-order valence-corrected chi connectivity index (χ1v) is 9.73. The molecule has 0 aromatic rings. The van der Waals surface area contributed by atoms with Crippen LogP contribution in [-0.4, -0.2) is 84.9 Å². The molecule has 3 fully saturated rings. The lowest BCUT2D eigenvalue weighted by Gasteiger charge is -2.37. The Hall–Kier alpha value is -1.14. The van der Waals surface area contributed by atoms with Gasteiger partial charge in [0.2, 0.25) is 11.8 Å². The smallest absolute Gasteiger partial charge is 0.234 e. The first kappa shape index (κ1) is 17.7. The van der Waals surface area contributed by atoms with E-state index in [0.717, 1.165) is 58.2 Å². The number of likely N-dealkylation sites (tertiary alicyclic amines) is 1. The second kappa shape index (κ2) is 8.81. The Bertz CT molecular complexity index is 429. The van der Waals surface area contributed by atoms with Crippen molar-refractivity contribution in [1.29, 1.82) is 0 Å². The van der Waals surface area contributed by atoms with E-state index in [1.807, 2.05) is 4.90 Å². The normalized spacial score (nSPS) is 24.0. The van der Waals surface area contributed by atoms with Gasteiger partial charge in [-0.2, -0.15) is 0 Å². The summed E-state index contributed by atoms with van der Waals surface area (Å²) in [5.41, 5.74) is 0. The second-order valence-corrected chi connectivity index (χ2v) is 7.44. The Morgan fingerprint density at radius 3 is 2.46 bits per heavy atom. The van der Waals surface area contributed by atoms with Crippen molar-refractivity contribution in [3.05, 3.63) is 0 Å². The molecule has 0 aromatic heterocycles. The molecule has 24 heavy (non-hydrogen) atoms. The van der Waals surface area contributed by atoms with Gasteiger partial charge >= 0.3 is 0 Å². The molecule has 136 valence electrons. The molecule has 6 nitrogen and oxygen atoms in total. The third-order valence-corrected chi connectivity index (χ3v) is 5.71. The average molecular weight is 336 g/mol. The van der Waals surface area contributed by atoms with E-state index in [2.05, 4.69) is 15.1 Å². The van der Waals surface area contributed by atoms with Crippen LogP contribution in [-0.2, 0) is 9.59 Å². The van der Waals surface area contributed by atoms with Crippen molar-refractivity contribution in [3.63, 3.8) is 0 Å². The SMILES string of the molecule is O=C(CN1CCN(C2CCCC2)CC1)NCCCN1CCCC1=O. The van der Waals surface area contributed by atoms with Crippen LogP contribution in [0.2, 0.25) is 0 Å². The van der Waals surface area contributed by atoms with E-state index >= 15 is 0 Å².